The van der Waals surface area contributed by atoms with Gasteiger partial charge >= 0.3 is 0 Å². The lowest BCUT2D eigenvalue weighted by Crippen LogP contribution is -2.49. The van der Waals surface area contributed by atoms with Crippen molar-refractivity contribution in [3.05, 3.63) is 41.7 Å². The van der Waals surface area contributed by atoms with Crippen LogP contribution in [-0.2, 0) is 9.59 Å². The number of hydrogen-bond donors (Lipinski definition) is 0. The summed E-state index contributed by atoms with van der Waals surface area (Å²) in [5, 5.41) is 0. The Bertz CT molecular complexity index is 517. The topological polar surface area (TPSA) is 40.6 Å². The van der Waals surface area contributed by atoms with Crippen molar-refractivity contribution in [3.63, 3.8) is 0 Å². The number of halogens is 1. The van der Waals surface area contributed by atoms with Crippen LogP contribution >= 0.6 is 0 Å². The van der Waals surface area contributed by atoms with E-state index in [-0.39, 0.29) is 17.6 Å². The van der Waals surface area contributed by atoms with Gasteiger partial charge in [-0.1, -0.05) is 12.1 Å². The van der Waals surface area contributed by atoms with Crippen LogP contribution in [0.4, 0.5) is 4.39 Å². The molecule has 1 aromatic carbocycles. The molecule has 106 valence electrons. The monoisotopic (exact) mass is 276 g/mol. The van der Waals surface area contributed by atoms with E-state index in [1.165, 1.54) is 25.1 Å². The third-order valence-corrected chi connectivity index (χ3v) is 3.33. The maximum absolute atomic E-state index is 12.7. The zero-order valence-corrected chi connectivity index (χ0v) is 11.4. The molecule has 2 rings (SSSR count). The predicted molar refractivity (Wildman–Crippen MR) is 74.3 cm³/mol. The van der Waals surface area contributed by atoms with Crippen molar-refractivity contribution in [3.8, 4) is 0 Å². The summed E-state index contributed by atoms with van der Waals surface area (Å²) >= 11 is 0. The molecule has 1 heterocycles. The molecule has 0 spiro atoms. The zero-order valence-electron chi connectivity index (χ0n) is 11.4. The van der Waals surface area contributed by atoms with Gasteiger partial charge in [0.2, 0.25) is 11.8 Å². The Labute approximate surface area is 117 Å². The van der Waals surface area contributed by atoms with Crippen molar-refractivity contribution in [1.82, 2.24) is 9.80 Å². The van der Waals surface area contributed by atoms with E-state index in [4.69, 9.17) is 0 Å². The van der Waals surface area contributed by atoms with E-state index in [9.17, 15) is 14.0 Å². The summed E-state index contributed by atoms with van der Waals surface area (Å²) in [5.41, 5.74) is 0.780. The molecule has 1 saturated heterocycles. The molecule has 1 aliphatic heterocycles. The summed E-state index contributed by atoms with van der Waals surface area (Å²) in [6.45, 7) is 3.78. The van der Waals surface area contributed by atoms with Gasteiger partial charge in [0.15, 0.2) is 0 Å². The molecule has 0 unspecified atom stereocenters. The normalized spacial score (nSPS) is 15.7. The van der Waals surface area contributed by atoms with Gasteiger partial charge in [-0.25, -0.2) is 4.39 Å². The number of nitrogens with zero attached hydrogens (tertiary/aromatic N) is 2. The molecule has 2 amide bonds. The lowest BCUT2D eigenvalue weighted by atomic mass is 10.2. The van der Waals surface area contributed by atoms with Gasteiger partial charge in [0.25, 0.3) is 0 Å². The van der Waals surface area contributed by atoms with E-state index in [0.29, 0.717) is 26.2 Å². The molecule has 20 heavy (non-hydrogen) atoms. The van der Waals surface area contributed by atoms with Crippen LogP contribution in [0.15, 0.2) is 30.3 Å². The van der Waals surface area contributed by atoms with Crippen molar-refractivity contribution in [1.29, 1.82) is 0 Å². The van der Waals surface area contributed by atoms with E-state index in [1.807, 2.05) is 0 Å². The molecule has 4 nitrogen and oxygen atoms in total. The quantitative estimate of drug-likeness (QED) is 0.769. The molecule has 0 aromatic heterocycles. The van der Waals surface area contributed by atoms with Gasteiger partial charge in [0.1, 0.15) is 5.82 Å². The standard InChI is InChI=1S/C15H17FN2O2/c1-12(19)17-8-10-18(11-9-17)15(20)7-4-13-2-5-14(16)6-3-13/h2-7H,8-11H2,1H3. The first-order valence-electron chi connectivity index (χ1n) is 6.54. The molecule has 1 fully saturated rings. The Morgan fingerprint density at radius 2 is 1.60 bits per heavy atom. The van der Waals surface area contributed by atoms with Crippen LogP contribution in [0.2, 0.25) is 0 Å². The number of carbonyl (C=O) groups is 2. The van der Waals surface area contributed by atoms with Gasteiger partial charge < -0.3 is 9.80 Å². The highest BCUT2D eigenvalue weighted by Crippen LogP contribution is 2.07. The lowest BCUT2D eigenvalue weighted by molar-refractivity contribution is -0.135. The summed E-state index contributed by atoms with van der Waals surface area (Å²) in [4.78, 5) is 26.6. The van der Waals surface area contributed by atoms with Crippen LogP contribution in [0.5, 0.6) is 0 Å². The smallest absolute Gasteiger partial charge is 0.246 e. The molecule has 0 saturated carbocycles. The molecule has 0 atom stereocenters. The minimum atomic E-state index is -0.297. The minimum absolute atomic E-state index is 0.0407. The summed E-state index contributed by atoms with van der Waals surface area (Å²) < 4.78 is 12.7. The minimum Gasteiger partial charge on any atom is -0.339 e. The van der Waals surface area contributed by atoms with Gasteiger partial charge in [-0.15, -0.1) is 0 Å². The van der Waals surface area contributed by atoms with Gasteiger partial charge in [-0.05, 0) is 23.8 Å². The van der Waals surface area contributed by atoms with Crippen LogP contribution in [0.25, 0.3) is 6.08 Å². The Balaban J connectivity index is 1.89. The van der Waals surface area contributed by atoms with E-state index in [1.54, 1.807) is 28.0 Å². The average molecular weight is 276 g/mol. The summed E-state index contributed by atoms with van der Waals surface area (Å²) in [5.74, 6) is -0.342. The van der Waals surface area contributed by atoms with Gasteiger partial charge in [0.05, 0.1) is 0 Å². The second-order valence-corrected chi connectivity index (χ2v) is 4.72. The highest BCUT2D eigenvalue weighted by Gasteiger charge is 2.20. The number of carbonyl (C=O) groups excluding carboxylic acids is 2. The summed E-state index contributed by atoms with van der Waals surface area (Å²) in [6, 6.07) is 5.95. The van der Waals surface area contributed by atoms with E-state index >= 15 is 0 Å². The largest absolute Gasteiger partial charge is 0.339 e. The SMILES string of the molecule is CC(=O)N1CCN(C(=O)C=Cc2ccc(F)cc2)CC1. The Morgan fingerprint density at radius 1 is 1.05 bits per heavy atom. The molecule has 0 N–H and O–H groups in total. The number of piperazine rings is 1. The number of amides is 2. The van der Waals surface area contributed by atoms with Crippen molar-refractivity contribution >= 4 is 17.9 Å². The highest BCUT2D eigenvalue weighted by molar-refractivity contribution is 5.92. The predicted octanol–water partition coefficient (Wildman–Crippen LogP) is 1.53. The second-order valence-electron chi connectivity index (χ2n) is 4.72. The van der Waals surface area contributed by atoms with Gasteiger partial charge in [-0.2, -0.15) is 0 Å². The molecule has 0 bridgehead atoms. The number of benzene rings is 1. The van der Waals surface area contributed by atoms with Crippen molar-refractivity contribution < 1.29 is 14.0 Å². The molecule has 0 aliphatic carbocycles. The average Bonchev–Trinajstić information content (AvgIpc) is 2.46. The molecule has 5 heteroatoms. The molecule has 1 aromatic rings. The fourth-order valence-corrected chi connectivity index (χ4v) is 2.09. The number of rotatable bonds is 2. The first-order valence-corrected chi connectivity index (χ1v) is 6.54. The van der Waals surface area contributed by atoms with Crippen LogP contribution in [0, 0.1) is 5.82 Å². The van der Waals surface area contributed by atoms with Crippen LogP contribution < -0.4 is 0 Å². The maximum Gasteiger partial charge on any atom is 0.246 e. The summed E-state index contributed by atoms with van der Waals surface area (Å²) in [7, 11) is 0. The van der Waals surface area contributed by atoms with Crippen molar-refractivity contribution in [2.75, 3.05) is 26.2 Å². The maximum atomic E-state index is 12.7. The van der Waals surface area contributed by atoms with Gasteiger partial charge in [-0.3, -0.25) is 9.59 Å². The molecular formula is C15H17FN2O2. The van der Waals surface area contributed by atoms with E-state index < -0.39 is 0 Å². The zero-order chi connectivity index (χ0) is 14.5. The Hall–Kier alpha value is -2.17. The fourth-order valence-electron chi connectivity index (χ4n) is 2.09. The first kappa shape index (κ1) is 14.2. The Morgan fingerprint density at radius 3 is 2.15 bits per heavy atom. The van der Waals surface area contributed by atoms with Gasteiger partial charge in [0, 0.05) is 39.2 Å². The van der Waals surface area contributed by atoms with Crippen LogP contribution in [-0.4, -0.2) is 47.8 Å². The third-order valence-electron chi connectivity index (χ3n) is 3.33. The van der Waals surface area contributed by atoms with Crippen molar-refractivity contribution in [2.45, 2.75) is 6.92 Å². The molecule has 1 aliphatic rings. The third kappa shape index (κ3) is 3.66. The second kappa shape index (κ2) is 6.32. The van der Waals surface area contributed by atoms with Crippen LogP contribution in [0.1, 0.15) is 12.5 Å². The van der Waals surface area contributed by atoms with Crippen molar-refractivity contribution in [2.24, 2.45) is 0 Å². The molecular weight excluding hydrogens is 259 g/mol. The van der Waals surface area contributed by atoms with E-state index in [0.717, 1.165) is 5.56 Å². The Kier molecular flexibility index (Phi) is 4.50. The number of hydrogen-bond acceptors (Lipinski definition) is 2. The first-order chi connectivity index (χ1) is 9.56. The highest BCUT2D eigenvalue weighted by atomic mass is 19.1. The fraction of sp³-hybridized carbons (Fsp3) is 0.333. The van der Waals surface area contributed by atoms with E-state index in [2.05, 4.69) is 0 Å². The lowest BCUT2D eigenvalue weighted by Gasteiger charge is -2.33. The molecule has 0 radical (unpaired) electrons. The summed E-state index contributed by atoms with van der Waals surface area (Å²) in [6.07, 6.45) is 3.15. The van der Waals surface area contributed by atoms with Crippen LogP contribution in [0.3, 0.4) is 0 Å².